The molecule has 8 heteroatoms. The van der Waals surface area contributed by atoms with Crippen LogP contribution in [0.1, 0.15) is 11.3 Å². The summed E-state index contributed by atoms with van der Waals surface area (Å²) < 4.78 is 1.91. The van der Waals surface area contributed by atoms with Gasteiger partial charge in [-0.25, -0.2) is 4.98 Å². The largest absolute Gasteiger partial charge is 0.316 e. The molecule has 0 amide bonds. The topological polar surface area (TPSA) is 85.3 Å². The van der Waals surface area contributed by atoms with Crippen LogP contribution in [0.15, 0.2) is 60.0 Å². The lowest BCUT2D eigenvalue weighted by molar-refractivity contribution is -0.384. The highest BCUT2D eigenvalue weighted by Gasteiger charge is 2.13. The van der Waals surface area contributed by atoms with Crippen molar-refractivity contribution in [1.29, 1.82) is 0 Å². The summed E-state index contributed by atoms with van der Waals surface area (Å²) in [7, 11) is 0. The molecule has 7 nitrogen and oxygen atoms in total. The molecule has 3 aromatic rings. The van der Waals surface area contributed by atoms with Crippen LogP contribution in [0.4, 0.5) is 11.5 Å². The van der Waals surface area contributed by atoms with E-state index in [-0.39, 0.29) is 11.5 Å². The van der Waals surface area contributed by atoms with Gasteiger partial charge in [-0.2, -0.15) is 5.10 Å². The Morgan fingerprint density at radius 1 is 1.32 bits per heavy atom. The van der Waals surface area contributed by atoms with E-state index in [1.165, 1.54) is 18.3 Å². The predicted molar refractivity (Wildman–Crippen MR) is 97.6 cm³/mol. The Kier molecular flexibility index (Phi) is 4.76. The second kappa shape index (κ2) is 7.14. The molecular weight excluding hydrogens is 342 g/mol. The first-order chi connectivity index (χ1) is 12.1. The number of nitrogens with zero attached hydrogens (tertiary/aromatic N) is 4. The molecule has 0 aliphatic heterocycles. The first kappa shape index (κ1) is 16.7. The van der Waals surface area contributed by atoms with Crippen LogP contribution in [0, 0.1) is 17.0 Å². The summed E-state index contributed by atoms with van der Waals surface area (Å²) in [4.78, 5) is 14.4. The Morgan fingerprint density at radius 3 is 2.92 bits per heavy atom. The minimum Gasteiger partial charge on any atom is -0.316 e. The Hall–Kier alpha value is -3.19. The highest BCUT2D eigenvalue weighted by Crippen LogP contribution is 2.21. The molecule has 0 atom stereocenters. The van der Waals surface area contributed by atoms with Gasteiger partial charge in [-0.05, 0) is 42.8 Å². The fourth-order valence-corrected chi connectivity index (χ4v) is 2.43. The van der Waals surface area contributed by atoms with E-state index in [1.807, 2.05) is 48.0 Å². The van der Waals surface area contributed by atoms with Gasteiger partial charge in [-0.3, -0.25) is 15.5 Å². The van der Waals surface area contributed by atoms with Crippen LogP contribution in [0.2, 0.25) is 5.02 Å². The number of aromatic nitrogens is 2. The van der Waals surface area contributed by atoms with E-state index >= 15 is 0 Å². The van der Waals surface area contributed by atoms with E-state index in [0.29, 0.717) is 5.02 Å². The van der Waals surface area contributed by atoms with Gasteiger partial charge in [0.15, 0.2) is 0 Å². The maximum absolute atomic E-state index is 11.0. The van der Waals surface area contributed by atoms with E-state index < -0.39 is 4.92 Å². The van der Waals surface area contributed by atoms with E-state index in [4.69, 9.17) is 11.6 Å². The Morgan fingerprint density at radius 2 is 2.16 bits per heavy atom. The lowest BCUT2D eigenvalue weighted by Gasteiger charge is -2.08. The summed E-state index contributed by atoms with van der Waals surface area (Å²) in [6, 6.07) is 12.4. The third kappa shape index (κ3) is 3.67. The zero-order valence-electron chi connectivity index (χ0n) is 13.3. The van der Waals surface area contributed by atoms with Crippen molar-refractivity contribution in [2.24, 2.45) is 5.10 Å². The van der Waals surface area contributed by atoms with Crippen LogP contribution >= 0.6 is 11.6 Å². The zero-order chi connectivity index (χ0) is 17.8. The summed E-state index contributed by atoms with van der Waals surface area (Å²) in [5, 5.41) is 15.7. The maximum atomic E-state index is 11.0. The molecule has 0 aliphatic carbocycles. The molecular formula is C17H14ClN5O2. The van der Waals surface area contributed by atoms with Crippen LogP contribution in [0.25, 0.3) is 5.69 Å². The van der Waals surface area contributed by atoms with Gasteiger partial charge in [0.05, 0.1) is 16.8 Å². The lowest BCUT2D eigenvalue weighted by Crippen LogP contribution is -2.01. The molecule has 0 saturated carbocycles. The third-order valence-corrected chi connectivity index (χ3v) is 3.97. The smallest absolute Gasteiger partial charge is 0.313 e. The van der Waals surface area contributed by atoms with Gasteiger partial charge in [0.25, 0.3) is 0 Å². The minimum atomic E-state index is -0.512. The molecule has 3 rings (SSSR count). The van der Waals surface area contributed by atoms with Crippen LogP contribution in [-0.2, 0) is 0 Å². The fraction of sp³-hybridized carbons (Fsp3) is 0.0588. The Labute approximate surface area is 148 Å². The second-order valence-electron chi connectivity index (χ2n) is 5.23. The van der Waals surface area contributed by atoms with Gasteiger partial charge in [-0.15, -0.1) is 0 Å². The molecule has 0 bridgehead atoms. The zero-order valence-corrected chi connectivity index (χ0v) is 14.0. The first-order valence-electron chi connectivity index (χ1n) is 7.38. The van der Waals surface area contributed by atoms with E-state index in [9.17, 15) is 10.1 Å². The normalized spacial score (nSPS) is 11.0. The molecule has 2 heterocycles. The number of nitrogens with one attached hydrogen (secondary N) is 1. The van der Waals surface area contributed by atoms with E-state index in [2.05, 4.69) is 15.5 Å². The quantitative estimate of drug-likeness (QED) is 0.422. The molecule has 25 heavy (non-hydrogen) atoms. The van der Waals surface area contributed by atoms with Gasteiger partial charge >= 0.3 is 5.69 Å². The second-order valence-corrected chi connectivity index (χ2v) is 5.64. The van der Waals surface area contributed by atoms with Gasteiger partial charge < -0.3 is 4.57 Å². The van der Waals surface area contributed by atoms with Gasteiger partial charge in [0, 0.05) is 29.2 Å². The number of halogens is 1. The van der Waals surface area contributed by atoms with Crippen molar-refractivity contribution in [2.45, 2.75) is 6.92 Å². The van der Waals surface area contributed by atoms with Crippen LogP contribution in [0.5, 0.6) is 0 Å². The monoisotopic (exact) mass is 355 g/mol. The number of nitro groups is 1. The van der Waals surface area contributed by atoms with Crippen LogP contribution in [-0.4, -0.2) is 20.7 Å². The standard InChI is InChI=1S/C17H14ClN5O2/c1-12-6-7-13(10-15(12)18)22-9-3-4-14(22)11-20-21-17-16(23(24)25)5-2-8-19-17/h2-11H,1H3,(H,19,21)/b20-11-. The summed E-state index contributed by atoms with van der Waals surface area (Å²) in [6.45, 7) is 1.94. The number of aryl methyl sites for hydroxylation is 1. The van der Waals surface area contributed by atoms with Crippen molar-refractivity contribution >= 4 is 29.3 Å². The molecule has 2 aromatic heterocycles. The Balaban J connectivity index is 1.83. The average molecular weight is 356 g/mol. The van der Waals surface area contributed by atoms with Crippen molar-refractivity contribution in [3.63, 3.8) is 0 Å². The van der Waals surface area contributed by atoms with E-state index in [1.54, 1.807) is 6.21 Å². The van der Waals surface area contributed by atoms with E-state index in [0.717, 1.165) is 16.9 Å². The molecule has 0 radical (unpaired) electrons. The molecule has 0 spiro atoms. The number of hydrogen-bond acceptors (Lipinski definition) is 5. The summed E-state index contributed by atoms with van der Waals surface area (Å²) in [6.07, 6.45) is 4.90. The molecule has 0 fully saturated rings. The lowest BCUT2D eigenvalue weighted by atomic mass is 10.2. The summed E-state index contributed by atoms with van der Waals surface area (Å²) in [5.74, 6) is 0.0836. The summed E-state index contributed by atoms with van der Waals surface area (Å²) in [5.41, 5.74) is 5.15. The predicted octanol–water partition coefficient (Wildman–Crippen LogP) is 4.19. The van der Waals surface area contributed by atoms with Crippen molar-refractivity contribution < 1.29 is 4.92 Å². The van der Waals surface area contributed by atoms with Crippen LogP contribution < -0.4 is 5.43 Å². The van der Waals surface area contributed by atoms with Gasteiger partial charge in [-0.1, -0.05) is 17.7 Å². The number of hydrazone groups is 1. The number of hydrogen-bond donors (Lipinski definition) is 1. The number of rotatable bonds is 5. The van der Waals surface area contributed by atoms with Crippen molar-refractivity contribution in [3.05, 3.63) is 81.3 Å². The van der Waals surface area contributed by atoms with Gasteiger partial charge in [0.2, 0.25) is 5.82 Å². The Bertz CT molecular complexity index is 952. The number of pyridine rings is 1. The highest BCUT2D eigenvalue weighted by molar-refractivity contribution is 6.31. The molecule has 0 aliphatic rings. The average Bonchev–Trinajstić information content (AvgIpc) is 3.06. The molecule has 1 N–H and O–H groups in total. The van der Waals surface area contributed by atoms with Crippen molar-refractivity contribution in [3.8, 4) is 5.69 Å². The van der Waals surface area contributed by atoms with Crippen molar-refractivity contribution in [1.82, 2.24) is 9.55 Å². The number of anilines is 1. The van der Waals surface area contributed by atoms with Crippen LogP contribution in [0.3, 0.4) is 0 Å². The maximum Gasteiger partial charge on any atom is 0.313 e. The molecule has 0 unspecified atom stereocenters. The third-order valence-electron chi connectivity index (χ3n) is 3.56. The fourth-order valence-electron chi connectivity index (χ4n) is 2.26. The van der Waals surface area contributed by atoms with Crippen molar-refractivity contribution in [2.75, 3.05) is 5.43 Å². The SMILES string of the molecule is Cc1ccc(-n2cccc2/C=N\Nc2ncccc2[N+](=O)[O-])cc1Cl. The summed E-state index contributed by atoms with van der Waals surface area (Å²) >= 11 is 6.18. The van der Waals surface area contributed by atoms with Gasteiger partial charge in [0.1, 0.15) is 0 Å². The molecule has 0 saturated heterocycles. The highest BCUT2D eigenvalue weighted by atomic mass is 35.5. The number of benzene rings is 1. The first-order valence-corrected chi connectivity index (χ1v) is 7.76. The minimum absolute atomic E-state index is 0.0836. The molecule has 1 aromatic carbocycles. The molecule has 126 valence electrons.